The van der Waals surface area contributed by atoms with Gasteiger partial charge in [0.15, 0.2) is 5.65 Å². The second kappa shape index (κ2) is 13.9. The van der Waals surface area contributed by atoms with Gasteiger partial charge in [-0.3, -0.25) is 9.08 Å². The fourth-order valence-electron chi connectivity index (χ4n) is 5.81. The number of carbonyl (C=O) groups is 1. The molecular formula is C34H42N8O5SSi. The summed E-state index contributed by atoms with van der Waals surface area (Å²) in [7, 11) is -5.16. The van der Waals surface area contributed by atoms with Crippen LogP contribution in [-0.2, 0) is 24.7 Å². The third-order valence-corrected chi connectivity index (χ3v) is 11.8. The van der Waals surface area contributed by atoms with Crippen LogP contribution in [0.2, 0.25) is 25.7 Å². The van der Waals surface area contributed by atoms with Gasteiger partial charge in [-0.05, 0) is 35.7 Å². The number of ether oxygens (including phenoxy) is 1. The van der Waals surface area contributed by atoms with Gasteiger partial charge in [-0.25, -0.2) is 19.3 Å². The lowest BCUT2D eigenvalue weighted by Gasteiger charge is -2.25. The molecule has 0 spiro atoms. The van der Waals surface area contributed by atoms with Gasteiger partial charge in [-0.2, -0.15) is 13.5 Å². The van der Waals surface area contributed by atoms with Crippen LogP contribution in [0.15, 0.2) is 93.2 Å². The number of amides is 2. The van der Waals surface area contributed by atoms with Crippen LogP contribution in [0.3, 0.4) is 0 Å². The highest BCUT2D eigenvalue weighted by atomic mass is 32.2. The first-order chi connectivity index (χ1) is 23.4. The van der Waals surface area contributed by atoms with Gasteiger partial charge < -0.3 is 9.64 Å². The molecule has 4 heterocycles. The lowest BCUT2D eigenvalue weighted by molar-refractivity contribution is 0.0971. The molecule has 2 aliphatic heterocycles. The maximum absolute atomic E-state index is 13.8. The Morgan fingerprint density at radius 1 is 1.02 bits per heavy atom. The molecule has 0 aliphatic carbocycles. The van der Waals surface area contributed by atoms with Crippen molar-refractivity contribution in [2.75, 3.05) is 37.8 Å². The second-order valence-electron chi connectivity index (χ2n) is 13.8. The number of aliphatic imine (C=N–C) groups is 1. The van der Waals surface area contributed by atoms with E-state index in [-0.39, 0.29) is 36.0 Å². The summed E-state index contributed by atoms with van der Waals surface area (Å²) in [5.41, 5.74) is 2.25. The second-order valence-corrected chi connectivity index (χ2v) is 21.1. The van der Waals surface area contributed by atoms with Gasteiger partial charge in [0.05, 0.1) is 30.3 Å². The summed E-state index contributed by atoms with van der Waals surface area (Å²) >= 11 is 0. The third kappa shape index (κ3) is 7.49. The van der Waals surface area contributed by atoms with Crippen molar-refractivity contribution in [3.63, 3.8) is 0 Å². The van der Waals surface area contributed by atoms with Crippen molar-refractivity contribution in [3.05, 3.63) is 78.6 Å². The summed E-state index contributed by atoms with van der Waals surface area (Å²) in [5, 5.41) is 13.0. The molecule has 0 saturated carbocycles. The highest BCUT2D eigenvalue weighted by molar-refractivity contribution is 7.86. The number of anilines is 1. The van der Waals surface area contributed by atoms with E-state index in [1.165, 1.54) is 18.5 Å². The number of benzene rings is 2. The van der Waals surface area contributed by atoms with Crippen molar-refractivity contribution in [1.82, 2.24) is 19.5 Å². The summed E-state index contributed by atoms with van der Waals surface area (Å²) < 4.78 is 38.2. The van der Waals surface area contributed by atoms with E-state index in [0.29, 0.717) is 31.2 Å². The monoisotopic (exact) mass is 702 g/mol. The van der Waals surface area contributed by atoms with Crippen LogP contribution in [0.4, 0.5) is 10.6 Å². The molecule has 2 aromatic heterocycles. The molecule has 4 aromatic rings. The van der Waals surface area contributed by atoms with Crippen molar-refractivity contribution in [3.8, 4) is 11.1 Å². The lowest BCUT2D eigenvalue weighted by atomic mass is 9.98. The minimum atomic E-state index is -3.93. The Bertz CT molecular complexity index is 1950. The zero-order valence-corrected chi connectivity index (χ0v) is 30.2. The topological polar surface area (TPSA) is 143 Å². The molecule has 6 rings (SSSR count). The largest absolute Gasteiger partial charge is 0.377 e. The Labute approximate surface area is 287 Å². The van der Waals surface area contributed by atoms with E-state index < -0.39 is 23.9 Å². The average molecular weight is 703 g/mol. The molecule has 2 amide bonds. The van der Waals surface area contributed by atoms with Gasteiger partial charge in [-0.1, -0.05) is 76.0 Å². The predicted molar refractivity (Wildman–Crippen MR) is 190 cm³/mol. The molecule has 2 unspecified atom stereocenters. The number of urea groups is 1. The minimum Gasteiger partial charge on any atom is -0.377 e. The molecule has 1 fully saturated rings. The summed E-state index contributed by atoms with van der Waals surface area (Å²) in [6.07, 6.45) is 5.02. The zero-order chi connectivity index (χ0) is 34.8. The van der Waals surface area contributed by atoms with Crippen molar-refractivity contribution >= 4 is 42.0 Å². The van der Waals surface area contributed by atoms with Crippen LogP contribution in [0.5, 0.6) is 0 Å². The van der Waals surface area contributed by atoms with Crippen LogP contribution in [0.1, 0.15) is 19.4 Å². The Morgan fingerprint density at radius 2 is 1.78 bits per heavy atom. The van der Waals surface area contributed by atoms with E-state index in [4.69, 9.17) is 13.9 Å². The average Bonchev–Trinajstić information content (AvgIpc) is 3.81. The first kappa shape index (κ1) is 34.5. The lowest BCUT2D eigenvalue weighted by Crippen LogP contribution is -2.38. The molecule has 2 aliphatic rings. The van der Waals surface area contributed by atoms with Gasteiger partial charge in [-0.15, -0.1) is 10.2 Å². The van der Waals surface area contributed by atoms with Gasteiger partial charge >= 0.3 is 6.03 Å². The molecule has 2 aromatic carbocycles. The van der Waals surface area contributed by atoms with Crippen LogP contribution < -0.4 is 4.90 Å². The number of hydrogen-bond acceptors (Lipinski definition) is 10. The number of rotatable bonds is 14. The van der Waals surface area contributed by atoms with Crippen molar-refractivity contribution in [2.24, 2.45) is 21.1 Å². The normalized spacial score (nSPS) is 19.6. The minimum absolute atomic E-state index is 0.0760. The number of carbonyl (C=O) groups excluding carboxylic acids is 1. The van der Waals surface area contributed by atoms with Crippen molar-refractivity contribution in [1.29, 1.82) is 0 Å². The van der Waals surface area contributed by atoms with Gasteiger partial charge in [0.2, 0.25) is 5.66 Å². The summed E-state index contributed by atoms with van der Waals surface area (Å²) in [5.74, 6) is 0.602. The van der Waals surface area contributed by atoms with E-state index in [0.717, 1.165) is 22.7 Å². The fourth-order valence-corrected chi connectivity index (χ4v) is 7.49. The Morgan fingerprint density at radius 3 is 2.45 bits per heavy atom. The smallest absolute Gasteiger partial charge is 0.326 e. The Hall–Kier alpha value is -4.31. The Kier molecular flexibility index (Phi) is 9.80. The summed E-state index contributed by atoms with van der Waals surface area (Å²) in [6.45, 7) is 12.4. The fraction of sp³-hybridized carbons (Fsp3) is 0.412. The highest BCUT2D eigenvalue weighted by Gasteiger charge is 2.41. The maximum Gasteiger partial charge on any atom is 0.326 e. The van der Waals surface area contributed by atoms with Crippen LogP contribution in [0.25, 0.3) is 16.8 Å². The third-order valence-electron chi connectivity index (χ3n) is 8.72. The van der Waals surface area contributed by atoms with E-state index >= 15 is 0 Å². The van der Waals surface area contributed by atoms with E-state index in [9.17, 15) is 13.2 Å². The molecule has 0 radical (unpaired) electrons. The van der Waals surface area contributed by atoms with E-state index in [1.807, 2.05) is 38.1 Å². The van der Waals surface area contributed by atoms with Crippen molar-refractivity contribution in [2.45, 2.75) is 56.1 Å². The number of fused-ring (bicyclic) bond motifs is 1. The number of aromatic nitrogens is 3. The van der Waals surface area contributed by atoms with Crippen LogP contribution >= 0.6 is 0 Å². The molecule has 13 nitrogen and oxygen atoms in total. The molecule has 2 atom stereocenters. The highest BCUT2D eigenvalue weighted by Crippen LogP contribution is 2.34. The van der Waals surface area contributed by atoms with E-state index in [1.54, 1.807) is 51.0 Å². The number of nitrogens with zero attached hydrogens (tertiary/aromatic N) is 8. The standard InChI is InChI=1S/C34H42N8O5SSi/c1-25(2)30-22-40(17-18-47-48(44,45)28-9-7-6-8-10-28)33(43)42(30)31-15-16-41-32(38-31)29(21-37-41)26-11-13-27(14-12-26)34(35-24-36-39-34)23-46-19-20-49(3,4)5/h6-16,21,24-25,30H,17-20,22-23H2,1-5H3. The quantitative estimate of drug-likeness (QED) is 0.0882. The summed E-state index contributed by atoms with van der Waals surface area (Å²) in [4.78, 5) is 26.6. The number of hydrogen-bond donors (Lipinski definition) is 0. The molecular weight excluding hydrogens is 661 g/mol. The molecule has 258 valence electrons. The van der Waals surface area contributed by atoms with Gasteiger partial charge in [0.25, 0.3) is 10.1 Å². The molecule has 15 heteroatoms. The molecule has 0 bridgehead atoms. The van der Waals surface area contributed by atoms with Crippen molar-refractivity contribution < 1.29 is 22.1 Å². The molecule has 1 saturated heterocycles. The van der Waals surface area contributed by atoms with Crippen LogP contribution in [0, 0.1) is 5.92 Å². The predicted octanol–water partition coefficient (Wildman–Crippen LogP) is 6.07. The summed E-state index contributed by atoms with van der Waals surface area (Å²) in [6, 6.07) is 18.3. The number of azo groups is 1. The first-order valence-electron chi connectivity index (χ1n) is 16.4. The molecule has 0 N–H and O–H groups in total. The van der Waals surface area contributed by atoms with Crippen LogP contribution in [-0.4, -0.2) is 87.3 Å². The van der Waals surface area contributed by atoms with Gasteiger partial charge in [0.1, 0.15) is 12.2 Å². The van der Waals surface area contributed by atoms with E-state index in [2.05, 4.69) is 40.0 Å². The zero-order valence-electron chi connectivity index (χ0n) is 28.4. The molecule has 49 heavy (non-hydrogen) atoms. The maximum atomic E-state index is 13.8. The SMILES string of the molecule is CC(C)C1CN(CCOS(=O)(=O)c2ccccc2)C(=O)N1c1ccn2ncc(-c3ccc(C4(COCC[Si](C)(C)C)N=CN=N4)cc3)c2n1. The Balaban J connectivity index is 1.19. The first-order valence-corrected chi connectivity index (χ1v) is 21.5. The van der Waals surface area contributed by atoms with Gasteiger partial charge in [0, 0.05) is 45.1 Å².